The summed E-state index contributed by atoms with van der Waals surface area (Å²) in [5.41, 5.74) is 0.783. The van der Waals surface area contributed by atoms with Crippen LogP contribution in [-0.4, -0.2) is 10.1 Å². The van der Waals surface area contributed by atoms with E-state index >= 15 is 0 Å². The fourth-order valence-corrected chi connectivity index (χ4v) is 1.71. The molecular formula is C11H7NO3. The number of aromatic hydroxyl groups is 1. The number of hydrogen-bond acceptors (Lipinski definition) is 3. The first-order valence-electron chi connectivity index (χ1n) is 4.48. The van der Waals surface area contributed by atoms with E-state index in [-0.39, 0.29) is 16.6 Å². The van der Waals surface area contributed by atoms with Crippen LogP contribution in [0.2, 0.25) is 0 Å². The number of para-hydroxylation sites is 1. The highest BCUT2D eigenvalue weighted by Crippen LogP contribution is 2.23. The SMILES string of the molecule is O=c1c2ccccc2[nH]c2occ(O)c12. The van der Waals surface area contributed by atoms with Crippen molar-refractivity contribution in [2.45, 2.75) is 0 Å². The van der Waals surface area contributed by atoms with E-state index in [2.05, 4.69) is 4.98 Å². The first-order valence-corrected chi connectivity index (χ1v) is 4.48. The molecule has 0 atom stereocenters. The second-order valence-electron chi connectivity index (χ2n) is 3.32. The predicted octanol–water partition coefficient (Wildman–Crippen LogP) is 1.98. The molecule has 0 unspecified atom stereocenters. The molecule has 74 valence electrons. The van der Waals surface area contributed by atoms with Crippen molar-refractivity contribution in [2.75, 3.05) is 0 Å². The summed E-state index contributed by atoms with van der Waals surface area (Å²) in [6.07, 6.45) is 1.15. The molecule has 0 spiro atoms. The quantitative estimate of drug-likeness (QED) is 0.584. The lowest BCUT2D eigenvalue weighted by Gasteiger charge is -1.96. The van der Waals surface area contributed by atoms with E-state index in [9.17, 15) is 9.90 Å². The fourth-order valence-electron chi connectivity index (χ4n) is 1.71. The number of rotatable bonds is 0. The zero-order valence-electron chi connectivity index (χ0n) is 7.65. The Morgan fingerprint density at radius 3 is 2.93 bits per heavy atom. The Morgan fingerprint density at radius 1 is 1.27 bits per heavy atom. The Kier molecular flexibility index (Phi) is 1.42. The highest BCUT2D eigenvalue weighted by Gasteiger charge is 2.11. The number of nitrogens with one attached hydrogen (secondary N) is 1. The first-order chi connectivity index (χ1) is 7.27. The van der Waals surface area contributed by atoms with Crippen molar-refractivity contribution in [3.05, 3.63) is 40.8 Å². The van der Waals surface area contributed by atoms with Crippen molar-refractivity contribution in [1.29, 1.82) is 0 Å². The van der Waals surface area contributed by atoms with Crippen LogP contribution < -0.4 is 5.43 Å². The van der Waals surface area contributed by atoms with Crippen LogP contribution >= 0.6 is 0 Å². The molecule has 0 aliphatic carbocycles. The lowest BCUT2D eigenvalue weighted by molar-refractivity contribution is 0.464. The number of H-pyrrole nitrogens is 1. The van der Waals surface area contributed by atoms with Crippen molar-refractivity contribution in [3.63, 3.8) is 0 Å². The molecule has 15 heavy (non-hydrogen) atoms. The van der Waals surface area contributed by atoms with E-state index in [1.807, 2.05) is 6.07 Å². The summed E-state index contributed by atoms with van der Waals surface area (Å²) in [4.78, 5) is 14.9. The van der Waals surface area contributed by atoms with E-state index < -0.39 is 0 Å². The van der Waals surface area contributed by atoms with Crippen molar-refractivity contribution in [1.82, 2.24) is 4.98 Å². The van der Waals surface area contributed by atoms with E-state index in [0.717, 1.165) is 6.26 Å². The Balaban J connectivity index is 2.69. The molecule has 0 fully saturated rings. The predicted molar refractivity (Wildman–Crippen MR) is 56.0 cm³/mol. The first kappa shape index (κ1) is 8.11. The van der Waals surface area contributed by atoms with Crippen LogP contribution in [0.25, 0.3) is 22.0 Å². The molecule has 4 nitrogen and oxygen atoms in total. The second-order valence-corrected chi connectivity index (χ2v) is 3.32. The molecule has 0 saturated carbocycles. The van der Waals surface area contributed by atoms with Crippen LogP contribution in [0.15, 0.2) is 39.7 Å². The van der Waals surface area contributed by atoms with Crippen LogP contribution in [0.3, 0.4) is 0 Å². The maximum absolute atomic E-state index is 11.9. The summed E-state index contributed by atoms with van der Waals surface area (Å²) in [6.45, 7) is 0. The number of aromatic nitrogens is 1. The van der Waals surface area contributed by atoms with E-state index in [1.165, 1.54) is 0 Å². The lowest BCUT2D eigenvalue weighted by atomic mass is 10.2. The molecule has 2 N–H and O–H groups in total. The maximum atomic E-state index is 11.9. The largest absolute Gasteiger partial charge is 0.504 e. The van der Waals surface area contributed by atoms with E-state index in [4.69, 9.17) is 4.42 Å². The Morgan fingerprint density at radius 2 is 2.07 bits per heavy atom. The summed E-state index contributed by atoms with van der Waals surface area (Å²) in [5.74, 6) is -0.128. The Hall–Kier alpha value is -2.23. The standard InChI is InChI=1S/C11H7NO3/c13-8-5-15-11-9(8)10(14)6-3-1-2-4-7(6)12-11/h1-5,13H,(H,12,14). The van der Waals surface area contributed by atoms with Gasteiger partial charge in [-0.2, -0.15) is 0 Å². The van der Waals surface area contributed by atoms with Gasteiger partial charge in [0.25, 0.3) is 0 Å². The molecule has 4 heteroatoms. The van der Waals surface area contributed by atoms with Crippen LogP contribution in [-0.2, 0) is 0 Å². The highest BCUT2D eigenvalue weighted by molar-refractivity contribution is 5.93. The van der Waals surface area contributed by atoms with Crippen LogP contribution in [0, 0.1) is 0 Å². The molecule has 0 radical (unpaired) electrons. The summed E-state index contributed by atoms with van der Waals surface area (Å²) in [7, 11) is 0. The average molecular weight is 201 g/mol. The molecule has 3 rings (SSSR count). The summed E-state index contributed by atoms with van der Waals surface area (Å²) in [6, 6.07) is 7.10. The van der Waals surface area contributed by atoms with Gasteiger partial charge in [-0.15, -0.1) is 0 Å². The molecule has 0 bridgehead atoms. The third-order valence-corrected chi connectivity index (χ3v) is 2.42. The van der Waals surface area contributed by atoms with Gasteiger partial charge in [0.1, 0.15) is 11.6 Å². The van der Waals surface area contributed by atoms with Crippen molar-refractivity contribution >= 4 is 22.0 Å². The Labute approximate surface area is 83.8 Å². The van der Waals surface area contributed by atoms with Crippen LogP contribution in [0.4, 0.5) is 0 Å². The molecule has 0 aliphatic heterocycles. The maximum Gasteiger partial charge on any atom is 0.212 e. The minimum atomic E-state index is -0.217. The number of fused-ring (bicyclic) bond motifs is 2. The van der Waals surface area contributed by atoms with Gasteiger partial charge in [-0.3, -0.25) is 4.79 Å². The monoisotopic (exact) mass is 201 g/mol. The van der Waals surface area contributed by atoms with Gasteiger partial charge in [-0.1, -0.05) is 12.1 Å². The Bertz CT molecular complexity index is 708. The molecule has 0 amide bonds. The summed E-state index contributed by atoms with van der Waals surface area (Å²) >= 11 is 0. The third-order valence-electron chi connectivity index (χ3n) is 2.42. The van der Waals surface area contributed by atoms with Crippen molar-refractivity contribution in [2.24, 2.45) is 0 Å². The lowest BCUT2D eigenvalue weighted by Crippen LogP contribution is -2.02. The molecule has 3 aromatic rings. The highest BCUT2D eigenvalue weighted by atomic mass is 16.4. The number of benzene rings is 1. The van der Waals surface area contributed by atoms with Gasteiger partial charge in [-0.05, 0) is 12.1 Å². The van der Waals surface area contributed by atoms with Crippen molar-refractivity contribution < 1.29 is 9.52 Å². The fraction of sp³-hybridized carbons (Fsp3) is 0. The zero-order valence-corrected chi connectivity index (χ0v) is 7.65. The zero-order chi connectivity index (χ0) is 10.4. The van der Waals surface area contributed by atoms with Gasteiger partial charge in [0.15, 0.2) is 5.75 Å². The van der Waals surface area contributed by atoms with Gasteiger partial charge in [-0.25, -0.2) is 0 Å². The van der Waals surface area contributed by atoms with Gasteiger partial charge >= 0.3 is 0 Å². The number of furan rings is 1. The van der Waals surface area contributed by atoms with Crippen molar-refractivity contribution in [3.8, 4) is 5.75 Å². The normalized spacial score (nSPS) is 11.2. The second kappa shape index (κ2) is 2.63. The number of hydrogen-bond donors (Lipinski definition) is 2. The third kappa shape index (κ3) is 0.985. The molecule has 2 aromatic heterocycles. The van der Waals surface area contributed by atoms with Gasteiger partial charge < -0.3 is 14.5 Å². The summed E-state index contributed by atoms with van der Waals surface area (Å²) in [5, 5.41) is 10.2. The molecule has 0 saturated heterocycles. The molecule has 2 heterocycles. The van der Waals surface area contributed by atoms with Gasteiger partial charge in [0.2, 0.25) is 11.1 Å². The molecular weight excluding hydrogens is 194 g/mol. The van der Waals surface area contributed by atoms with Crippen LogP contribution in [0.1, 0.15) is 0 Å². The van der Waals surface area contributed by atoms with Crippen LogP contribution in [0.5, 0.6) is 5.75 Å². The van der Waals surface area contributed by atoms with E-state index in [0.29, 0.717) is 16.6 Å². The molecule has 0 aliphatic rings. The van der Waals surface area contributed by atoms with Gasteiger partial charge in [0, 0.05) is 5.39 Å². The molecule has 1 aromatic carbocycles. The van der Waals surface area contributed by atoms with E-state index in [1.54, 1.807) is 18.2 Å². The topological polar surface area (TPSA) is 66.2 Å². The number of aromatic amines is 1. The van der Waals surface area contributed by atoms with Gasteiger partial charge in [0.05, 0.1) is 5.52 Å². The minimum absolute atomic E-state index is 0.128. The average Bonchev–Trinajstić information content (AvgIpc) is 2.61. The smallest absolute Gasteiger partial charge is 0.212 e. The summed E-state index contributed by atoms with van der Waals surface area (Å²) < 4.78 is 5.03. The minimum Gasteiger partial charge on any atom is -0.504 e. The number of pyridine rings is 1.